The summed E-state index contributed by atoms with van der Waals surface area (Å²) in [6, 6.07) is 9.04. The third-order valence-electron chi connectivity index (χ3n) is 3.85. The highest BCUT2D eigenvalue weighted by Gasteiger charge is 2.17. The Balaban J connectivity index is 2.56. The molecule has 1 atom stereocenters. The molecule has 2 rings (SSSR count). The molecular formula is C17H20FN. The van der Waals surface area contributed by atoms with E-state index in [2.05, 4.69) is 26.0 Å². The van der Waals surface area contributed by atoms with E-state index in [9.17, 15) is 4.39 Å². The first-order valence-electron chi connectivity index (χ1n) is 6.50. The van der Waals surface area contributed by atoms with Crippen LogP contribution in [0.2, 0.25) is 0 Å². The standard InChI is InChI=1S/C17H20FN/c1-10-6-5-7-15(13(10)4)17(19)16-11(2)8-14(18)9-12(16)3/h5-9,17H,19H2,1-4H3. The first kappa shape index (κ1) is 13.8. The lowest BCUT2D eigenvalue weighted by Crippen LogP contribution is -2.16. The van der Waals surface area contributed by atoms with E-state index >= 15 is 0 Å². The van der Waals surface area contributed by atoms with Gasteiger partial charge in [0, 0.05) is 0 Å². The molecule has 2 heteroatoms. The Morgan fingerprint density at radius 3 is 2.11 bits per heavy atom. The fourth-order valence-corrected chi connectivity index (χ4v) is 2.68. The third kappa shape index (κ3) is 2.54. The maximum atomic E-state index is 13.4. The van der Waals surface area contributed by atoms with Gasteiger partial charge in [-0.25, -0.2) is 4.39 Å². The Kier molecular flexibility index (Phi) is 3.72. The second kappa shape index (κ2) is 5.14. The maximum Gasteiger partial charge on any atom is 0.123 e. The van der Waals surface area contributed by atoms with Crippen molar-refractivity contribution in [3.8, 4) is 0 Å². The average molecular weight is 257 g/mol. The molecule has 2 N–H and O–H groups in total. The van der Waals surface area contributed by atoms with Gasteiger partial charge in [-0.05, 0) is 73.2 Å². The Hall–Kier alpha value is -1.67. The number of hydrogen-bond donors (Lipinski definition) is 1. The summed E-state index contributed by atoms with van der Waals surface area (Å²) in [4.78, 5) is 0. The molecule has 2 aromatic rings. The molecule has 0 radical (unpaired) electrons. The van der Waals surface area contributed by atoms with Crippen LogP contribution in [0.3, 0.4) is 0 Å². The van der Waals surface area contributed by atoms with Gasteiger partial charge in [-0.15, -0.1) is 0 Å². The Labute approximate surface area is 114 Å². The molecule has 0 saturated heterocycles. The number of halogens is 1. The van der Waals surface area contributed by atoms with Crippen LogP contribution in [-0.2, 0) is 0 Å². The molecular weight excluding hydrogens is 237 g/mol. The van der Waals surface area contributed by atoms with Crippen LogP contribution in [0.5, 0.6) is 0 Å². The predicted octanol–water partition coefficient (Wildman–Crippen LogP) is 4.11. The lowest BCUT2D eigenvalue weighted by Gasteiger charge is -2.21. The summed E-state index contributed by atoms with van der Waals surface area (Å²) in [6.45, 7) is 7.99. The topological polar surface area (TPSA) is 26.0 Å². The van der Waals surface area contributed by atoms with E-state index in [1.807, 2.05) is 19.9 Å². The van der Waals surface area contributed by atoms with E-state index in [0.717, 1.165) is 22.3 Å². The number of benzene rings is 2. The zero-order valence-electron chi connectivity index (χ0n) is 11.9. The number of aryl methyl sites for hydroxylation is 3. The van der Waals surface area contributed by atoms with Crippen molar-refractivity contribution < 1.29 is 4.39 Å². The minimum atomic E-state index is -0.208. The van der Waals surface area contributed by atoms with E-state index in [0.29, 0.717) is 0 Å². The van der Waals surface area contributed by atoms with Crippen LogP contribution in [0.1, 0.15) is 39.4 Å². The summed E-state index contributed by atoms with van der Waals surface area (Å²) in [5.41, 5.74) is 12.8. The van der Waals surface area contributed by atoms with Crippen LogP contribution in [0.15, 0.2) is 30.3 Å². The monoisotopic (exact) mass is 257 g/mol. The van der Waals surface area contributed by atoms with Crippen molar-refractivity contribution in [2.45, 2.75) is 33.7 Å². The molecule has 1 unspecified atom stereocenters. The Morgan fingerprint density at radius 1 is 0.947 bits per heavy atom. The highest BCUT2D eigenvalue weighted by atomic mass is 19.1. The van der Waals surface area contributed by atoms with Crippen molar-refractivity contribution in [3.63, 3.8) is 0 Å². The van der Waals surface area contributed by atoms with Crippen LogP contribution < -0.4 is 5.73 Å². The zero-order chi connectivity index (χ0) is 14.2. The molecule has 0 spiro atoms. The molecule has 0 heterocycles. The van der Waals surface area contributed by atoms with Crippen molar-refractivity contribution in [2.24, 2.45) is 5.73 Å². The second-order valence-electron chi connectivity index (χ2n) is 5.22. The Bertz CT molecular complexity index is 594. The molecule has 2 aromatic carbocycles. The third-order valence-corrected chi connectivity index (χ3v) is 3.85. The largest absolute Gasteiger partial charge is 0.320 e. The van der Waals surface area contributed by atoms with Gasteiger partial charge in [0.1, 0.15) is 5.82 Å². The number of nitrogens with two attached hydrogens (primary N) is 1. The van der Waals surface area contributed by atoms with Gasteiger partial charge in [-0.3, -0.25) is 0 Å². The summed E-state index contributed by atoms with van der Waals surface area (Å²) in [5.74, 6) is -0.202. The van der Waals surface area contributed by atoms with Crippen LogP contribution in [0, 0.1) is 33.5 Å². The van der Waals surface area contributed by atoms with E-state index < -0.39 is 0 Å². The summed E-state index contributed by atoms with van der Waals surface area (Å²) >= 11 is 0. The quantitative estimate of drug-likeness (QED) is 0.861. The Morgan fingerprint density at radius 2 is 1.53 bits per heavy atom. The molecule has 0 fully saturated rings. The number of hydrogen-bond acceptors (Lipinski definition) is 1. The second-order valence-corrected chi connectivity index (χ2v) is 5.22. The van der Waals surface area contributed by atoms with Gasteiger partial charge < -0.3 is 5.73 Å². The molecule has 19 heavy (non-hydrogen) atoms. The summed E-state index contributed by atoms with van der Waals surface area (Å²) in [6.07, 6.45) is 0. The SMILES string of the molecule is Cc1cccc(C(N)c2c(C)cc(F)cc2C)c1C. The molecule has 0 aliphatic heterocycles. The molecule has 0 aliphatic rings. The zero-order valence-corrected chi connectivity index (χ0v) is 11.9. The summed E-state index contributed by atoms with van der Waals surface area (Å²) < 4.78 is 13.4. The van der Waals surface area contributed by atoms with Crippen LogP contribution in [0.25, 0.3) is 0 Å². The van der Waals surface area contributed by atoms with E-state index in [1.54, 1.807) is 12.1 Å². The predicted molar refractivity (Wildman–Crippen MR) is 77.8 cm³/mol. The lowest BCUT2D eigenvalue weighted by atomic mass is 9.88. The van der Waals surface area contributed by atoms with Crippen LogP contribution in [-0.4, -0.2) is 0 Å². The average Bonchev–Trinajstić information content (AvgIpc) is 2.31. The van der Waals surface area contributed by atoms with E-state index in [-0.39, 0.29) is 11.9 Å². The highest BCUT2D eigenvalue weighted by molar-refractivity contribution is 5.45. The molecule has 0 aliphatic carbocycles. The van der Waals surface area contributed by atoms with Gasteiger partial charge in [0.2, 0.25) is 0 Å². The van der Waals surface area contributed by atoms with Crippen LogP contribution >= 0.6 is 0 Å². The maximum absolute atomic E-state index is 13.4. The fourth-order valence-electron chi connectivity index (χ4n) is 2.68. The minimum Gasteiger partial charge on any atom is -0.320 e. The summed E-state index contributed by atoms with van der Waals surface area (Å²) in [7, 11) is 0. The highest BCUT2D eigenvalue weighted by Crippen LogP contribution is 2.29. The van der Waals surface area contributed by atoms with Crippen LogP contribution in [0.4, 0.5) is 4.39 Å². The van der Waals surface area contributed by atoms with Crippen molar-refractivity contribution >= 4 is 0 Å². The lowest BCUT2D eigenvalue weighted by molar-refractivity contribution is 0.623. The molecule has 0 saturated carbocycles. The van der Waals surface area contributed by atoms with Gasteiger partial charge >= 0.3 is 0 Å². The smallest absolute Gasteiger partial charge is 0.123 e. The van der Waals surface area contributed by atoms with Gasteiger partial charge in [-0.2, -0.15) is 0 Å². The van der Waals surface area contributed by atoms with Crippen molar-refractivity contribution in [1.29, 1.82) is 0 Å². The first-order valence-corrected chi connectivity index (χ1v) is 6.50. The molecule has 100 valence electrons. The number of rotatable bonds is 2. The van der Waals surface area contributed by atoms with Crippen molar-refractivity contribution in [1.82, 2.24) is 0 Å². The van der Waals surface area contributed by atoms with Gasteiger partial charge in [0.05, 0.1) is 6.04 Å². The van der Waals surface area contributed by atoms with E-state index in [1.165, 1.54) is 11.1 Å². The molecule has 0 aromatic heterocycles. The van der Waals surface area contributed by atoms with Gasteiger partial charge in [0.25, 0.3) is 0 Å². The normalized spacial score (nSPS) is 12.5. The minimum absolute atomic E-state index is 0.202. The molecule has 0 bridgehead atoms. The summed E-state index contributed by atoms with van der Waals surface area (Å²) in [5, 5.41) is 0. The van der Waals surface area contributed by atoms with Crippen molar-refractivity contribution in [2.75, 3.05) is 0 Å². The van der Waals surface area contributed by atoms with E-state index in [4.69, 9.17) is 5.73 Å². The van der Waals surface area contributed by atoms with Gasteiger partial charge in [-0.1, -0.05) is 18.2 Å². The van der Waals surface area contributed by atoms with Gasteiger partial charge in [0.15, 0.2) is 0 Å². The molecule has 0 amide bonds. The first-order chi connectivity index (χ1) is 8.91. The fraction of sp³-hybridized carbons (Fsp3) is 0.294. The molecule has 1 nitrogen and oxygen atoms in total. The van der Waals surface area contributed by atoms with Crippen molar-refractivity contribution in [3.05, 3.63) is 69.5 Å².